The molecule has 2 rings (SSSR count). The normalized spacial score (nSPS) is 11.1. The van der Waals surface area contributed by atoms with Crippen LogP contribution in [0.25, 0.3) is 0 Å². The number of amides is 1. The third-order valence-electron chi connectivity index (χ3n) is 3.34. The summed E-state index contributed by atoms with van der Waals surface area (Å²) in [5.41, 5.74) is 14.0. The zero-order chi connectivity index (χ0) is 16.8. The van der Waals surface area contributed by atoms with E-state index in [4.69, 9.17) is 16.2 Å². The Bertz CT molecular complexity index is 727. The summed E-state index contributed by atoms with van der Waals surface area (Å²) in [6, 6.07) is 13.1. The average molecular weight is 312 g/mol. The summed E-state index contributed by atoms with van der Waals surface area (Å²) in [5, 5.41) is 2.95. The van der Waals surface area contributed by atoms with Crippen molar-refractivity contribution in [2.45, 2.75) is 13.5 Å². The minimum atomic E-state index is -0.564. The Morgan fingerprint density at radius 3 is 2.52 bits per heavy atom. The van der Waals surface area contributed by atoms with Gasteiger partial charge >= 0.3 is 0 Å². The number of ether oxygens (including phenoxy) is 1. The van der Waals surface area contributed by atoms with Gasteiger partial charge in [0.15, 0.2) is 5.96 Å². The fourth-order valence-electron chi connectivity index (χ4n) is 2.16. The van der Waals surface area contributed by atoms with Gasteiger partial charge in [0.1, 0.15) is 5.75 Å². The molecule has 0 heterocycles. The highest BCUT2D eigenvalue weighted by atomic mass is 16.5. The number of nitrogens with one attached hydrogen (secondary N) is 1. The molecule has 0 saturated carbocycles. The zero-order valence-corrected chi connectivity index (χ0v) is 13.2. The first-order valence-corrected chi connectivity index (χ1v) is 7.10. The lowest BCUT2D eigenvalue weighted by Crippen LogP contribution is -2.25. The van der Waals surface area contributed by atoms with Gasteiger partial charge in [0, 0.05) is 0 Å². The number of benzene rings is 2. The number of rotatable bonds is 5. The molecule has 0 aromatic heterocycles. The second-order valence-corrected chi connectivity index (χ2v) is 5.04. The molecule has 6 nitrogen and oxygen atoms in total. The molecule has 0 fully saturated rings. The lowest BCUT2D eigenvalue weighted by atomic mass is 10.1. The van der Waals surface area contributed by atoms with Gasteiger partial charge in [0.2, 0.25) is 0 Å². The molecule has 2 aromatic rings. The number of primary amides is 1. The van der Waals surface area contributed by atoms with E-state index in [9.17, 15) is 4.79 Å². The summed E-state index contributed by atoms with van der Waals surface area (Å²) in [6.45, 7) is 2.28. The highest BCUT2D eigenvalue weighted by Gasteiger charge is 2.14. The van der Waals surface area contributed by atoms with Crippen LogP contribution in [-0.4, -0.2) is 19.0 Å². The molecule has 2 aromatic carbocycles. The largest absolute Gasteiger partial charge is 0.497 e. The van der Waals surface area contributed by atoms with E-state index in [0.29, 0.717) is 23.5 Å². The van der Waals surface area contributed by atoms with Gasteiger partial charge in [-0.1, -0.05) is 30.3 Å². The molecule has 23 heavy (non-hydrogen) atoms. The summed E-state index contributed by atoms with van der Waals surface area (Å²) >= 11 is 0. The Morgan fingerprint density at radius 2 is 1.91 bits per heavy atom. The van der Waals surface area contributed by atoms with Crippen LogP contribution in [0, 0.1) is 6.92 Å². The van der Waals surface area contributed by atoms with Crippen LogP contribution in [0.3, 0.4) is 0 Å². The molecule has 0 unspecified atom stereocenters. The number of carbonyl (C=O) groups is 1. The van der Waals surface area contributed by atoms with Crippen molar-refractivity contribution in [2.24, 2.45) is 16.5 Å². The molecule has 1 amide bonds. The van der Waals surface area contributed by atoms with Crippen LogP contribution in [0.2, 0.25) is 0 Å². The number of hydrogen-bond donors (Lipinski definition) is 3. The molecule has 5 N–H and O–H groups in total. The van der Waals surface area contributed by atoms with Crippen molar-refractivity contribution < 1.29 is 9.53 Å². The third-order valence-corrected chi connectivity index (χ3v) is 3.34. The molecular weight excluding hydrogens is 292 g/mol. The second kappa shape index (κ2) is 7.31. The van der Waals surface area contributed by atoms with Crippen molar-refractivity contribution in [1.82, 2.24) is 0 Å². The highest BCUT2D eigenvalue weighted by molar-refractivity contribution is 6.04. The topological polar surface area (TPSA) is 103 Å². The van der Waals surface area contributed by atoms with Gasteiger partial charge in [0.25, 0.3) is 5.91 Å². The van der Waals surface area contributed by atoms with Gasteiger partial charge in [-0.25, -0.2) is 4.99 Å². The summed E-state index contributed by atoms with van der Waals surface area (Å²) < 4.78 is 5.15. The van der Waals surface area contributed by atoms with Gasteiger partial charge in [0.05, 0.1) is 24.9 Å². The van der Waals surface area contributed by atoms with Gasteiger partial charge in [-0.05, 0) is 30.2 Å². The standard InChI is InChI=1S/C17H20N4O2/c1-11-8-13(23-2)9-14(16(18)22)15(11)21-17(19)20-10-12-6-4-3-5-7-12/h3-9H,10H2,1-2H3,(H2,18,22)(H3,19,20,21). The minimum Gasteiger partial charge on any atom is -0.497 e. The number of carbonyl (C=O) groups excluding carboxylic acids is 1. The molecule has 0 atom stereocenters. The molecule has 120 valence electrons. The summed E-state index contributed by atoms with van der Waals surface area (Å²) in [5.74, 6) is 0.205. The van der Waals surface area contributed by atoms with Crippen molar-refractivity contribution in [2.75, 3.05) is 12.4 Å². The van der Waals surface area contributed by atoms with E-state index < -0.39 is 5.91 Å². The van der Waals surface area contributed by atoms with Crippen LogP contribution in [0.4, 0.5) is 5.69 Å². The maximum atomic E-state index is 11.6. The SMILES string of the molecule is COc1cc(C)c(NC(N)=NCc2ccccc2)c(C(N)=O)c1. The Balaban J connectivity index is 2.23. The van der Waals surface area contributed by atoms with Crippen molar-refractivity contribution >= 4 is 17.6 Å². The Kier molecular flexibility index (Phi) is 5.19. The monoisotopic (exact) mass is 312 g/mol. The van der Waals surface area contributed by atoms with E-state index in [1.54, 1.807) is 12.1 Å². The van der Waals surface area contributed by atoms with Crippen molar-refractivity contribution in [3.05, 3.63) is 59.2 Å². The smallest absolute Gasteiger partial charge is 0.250 e. The van der Waals surface area contributed by atoms with Crippen LogP contribution in [0.15, 0.2) is 47.5 Å². The number of methoxy groups -OCH3 is 1. The predicted molar refractivity (Wildman–Crippen MR) is 91.6 cm³/mol. The molecule has 0 aliphatic heterocycles. The van der Waals surface area contributed by atoms with Crippen LogP contribution in [0.5, 0.6) is 5.75 Å². The molecular formula is C17H20N4O2. The lowest BCUT2D eigenvalue weighted by molar-refractivity contribution is 0.100. The van der Waals surface area contributed by atoms with Crippen LogP contribution in [-0.2, 0) is 6.54 Å². The molecule has 0 aliphatic carbocycles. The summed E-state index contributed by atoms with van der Waals surface area (Å²) in [6.07, 6.45) is 0. The maximum absolute atomic E-state index is 11.6. The molecule has 0 bridgehead atoms. The third kappa shape index (κ3) is 4.23. The van der Waals surface area contributed by atoms with Crippen molar-refractivity contribution in [3.63, 3.8) is 0 Å². The first-order chi connectivity index (χ1) is 11.0. The molecule has 0 saturated heterocycles. The van der Waals surface area contributed by atoms with E-state index in [0.717, 1.165) is 11.1 Å². The Labute approximate surface area is 135 Å². The number of anilines is 1. The van der Waals surface area contributed by atoms with Gasteiger partial charge in [-0.2, -0.15) is 0 Å². The average Bonchev–Trinajstić information content (AvgIpc) is 2.55. The Hall–Kier alpha value is -3.02. The molecule has 0 radical (unpaired) electrons. The van der Waals surface area contributed by atoms with E-state index in [-0.39, 0.29) is 5.96 Å². The molecule has 0 aliphatic rings. The highest BCUT2D eigenvalue weighted by Crippen LogP contribution is 2.26. The number of nitrogens with zero attached hydrogens (tertiary/aromatic N) is 1. The van der Waals surface area contributed by atoms with Crippen LogP contribution >= 0.6 is 0 Å². The zero-order valence-electron chi connectivity index (χ0n) is 13.2. The predicted octanol–water partition coefficient (Wildman–Crippen LogP) is 2.03. The van der Waals surface area contributed by atoms with Gasteiger partial charge < -0.3 is 21.5 Å². The minimum absolute atomic E-state index is 0.213. The number of guanidine groups is 1. The van der Waals surface area contributed by atoms with E-state index >= 15 is 0 Å². The number of nitrogens with two attached hydrogens (primary N) is 2. The summed E-state index contributed by atoms with van der Waals surface area (Å²) in [4.78, 5) is 15.9. The number of aryl methyl sites for hydroxylation is 1. The van der Waals surface area contributed by atoms with E-state index in [1.165, 1.54) is 7.11 Å². The van der Waals surface area contributed by atoms with Gasteiger partial charge in [-0.15, -0.1) is 0 Å². The first kappa shape index (κ1) is 16.4. The second-order valence-electron chi connectivity index (χ2n) is 5.04. The number of aliphatic imine (C=N–C) groups is 1. The fraction of sp³-hybridized carbons (Fsp3) is 0.176. The lowest BCUT2D eigenvalue weighted by Gasteiger charge is -2.14. The van der Waals surface area contributed by atoms with Gasteiger partial charge in [-0.3, -0.25) is 4.79 Å². The quantitative estimate of drug-likeness (QED) is 0.580. The Morgan fingerprint density at radius 1 is 1.22 bits per heavy atom. The molecule has 6 heteroatoms. The summed E-state index contributed by atoms with van der Waals surface area (Å²) in [7, 11) is 1.53. The van der Waals surface area contributed by atoms with E-state index in [1.807, 2.05) is 37.3 Å². The van der Waals surface area contributed by atoms with Crippen molar-refractivity contribution in [1.29, 1.82) is 0 Å². The maximum Gasteiger partial charge on any atom is 0.250 e. The van der Waals surface area contributed by atoms with E-state index in [2.05, 4.69) is 10.3 Å². The molecule has 0 spiro atoms. The van der Waals surface area contributed by atoms with Crippen molar-refractivity contribution in [3.8, 4) is 5.75 Å². The number of hydrogen-bond acceptors (Lipinski definition) is 3. The fourth-order valence-corrected chi connectivity index (χ4v) is 2.16. The van der Waals surface area contributed by atoms with Crippen LogP contribution < -0.4 is 21.5 Å². The van der Waals surface area contributed by atoms with Crippen LogP contribution in [0.1, 0.15) is 21.5 Å². The first-order valence-electron chi connectivity index (χ1n) is 7.10.